The Morgan fingerprint density at radius 2 is 2.10 bits per heavy atom. The summed E-state index contributed by atoms with van der Waals surface area (Å²) in [4.78, 5) is 11.9. The van der Waals surface area contributed by atoms with Crippen molar-refractivity contribution in [3.63, 3.8) is 0 Å². The van der Waals surface area contributed by atoms with E-state index in [0.717, 1.165) is 22.3 Å². The molecule has 0 spiro atoms. The molecule has 0 saturated carbocycles. The summed E-state index contributed by atoms with van der Waals surface area (Å²) < 4.78 is 42.9. The Labute approximate surface area is 173 Å². The number of hydrogen-bond donors (Lipinski definition) is 2. The van der Waals surface area contributed by atoms with E-state index in [1.165, 1.54) is 0 Å². The quantitative estimate of drug-likeness (QED) is 0.444. The number of benzene rings is 1. The zero-order chi connectivity index (χ0) is 20.9. The number of halogens is 4. The van der Waals surface area contributed by atoms with Crippen LogP contribution < -0.4 is 10.6 Å². The minimum Gasteiger partial charge on any atom is -0.356 e. The molecular weight excluding hydrogens is 429 g/mol. The first-order valence-electron chi connectivity index (χ1n) is 8.40. The molecule has 0 fully saturated rings. The number of aromatic nitrogens is 3. The van der Waals surface area contributed by atoms with Gasteiger partial charge in [0.15, 0.2) is 11.7 Å². The molecule has 2 heterocycles. The number of thiazole rings is 1. The molecule has 0 unspecified atom stereocenters. The summed E-state index contributed by atoms with van der Waals surface area (Å²) in [7, 11) is 1.58. The summed E-state index contributed by atoms with van der Waals surface area (Å²) in [6.45, 7) is 0.588. The van der Waals surface area contributed by atoms with E-state index in [0.29, 0.717) is 40.7 Å². The van der Waals surface area contributed by atoms with Gasteiger partial charge in [0.25, 0.3) is 0 Å². The van der Waals surface area contributed by atoms with Crippen LogP contribution in [0.4, 0.5) is 13.2 Å². The molecule has 2 N–H and O–H groups in total. The third kappa shape index (κ3) is 5.91. The highest BCUT2D eigenvalue weighted by molar-refractivity contribution is 7.09. The van der Waals surface area contributed by atoms with Crippen molar-refractivity contribution in [2.24, 2.45) is 4.99 Å². The first-order valence-corrected chi connectivity index (χ1v) is 9.65. The van der Waals surface area contributed by atoms with Gasteiger partial charge in [-0.15, -0.1) is 11.3 Å². The number of hydrogen-bond acceptors (Lipinski definition) is 6. The molecule has 0 aliphatic heterocycles. The van der Waals surface area contributed by atoms with Crippen LogP contribution in [0.1, 0.15) is 16.6 Å². The lowest BCUT2D eigenvalue weighted by atomic mass is 10.2. The normalized spacial score (nSPS) is 12.2. The Morgan fingerprint density at radius 1 is 1.28 bits per heavy atom. The molecule has 0 aliphatic carbocycles. The molecule has 1 aromatic carbocycles. The minimum absolute atomic E-state index is 0.225. The monoisotopic (exact) mass is 444 g/mol. The van der Waals surface area contributed by atoms with Crippen LogP contribution in [0, 0.1) is 0 Å². The van der Waals surface area contributed by atoms with Gasteiger partial charge >= 0.3 is 6.18 Å². The van der Waals surface area contributed by atoms with Crippen molar-refractivity contribution >= 4 is 28.9 Å². The SMILES string of the molecule is CN=C(NCCc1nc(C(F)(F)F)cs1)NCc1nc(-c2cccc(Cl)c2)no1. The Kier molecular flexibility index (Phi) is 6.70. The van der Waals surface area contributed by atoms with Crippen LogP contribution in [0.3, 0.4) is 0 Å². The Morgan fingerprint density at radius 3 is 2.79 bits per heavy atom. The molecule has 29 heavy (non-hydrogen) atoms. The van der Waals surface area contributed by atoms with Gasteiger partial charge in [0.2, 0.25) is 11.7 Å². The van der Waals surface area contributed by atoms with Gasteiger partial charge in [0.05, 0.1) is 11.6 Å². The van der Waals surface area contributed by atoms with E-state index in [9.17, 15) is 13.2 Å². The molecule has 3 aromatic rings. The van der Waals surface area contributed by atoms with E-state index in [1.54, 1.807) is 25.2 Å². The first kappa shape index (κ1) is 21.1. The topological polar surface area (TPSA) is 88.2 Å². The molecule has 3 rings (SSSR count). The average Bonchev–Trinajstić information content (AvgIpc) is 3.34. The smallest absolute Gasteiger partial charge is 0.356 e. The number of alkyl halides is 3. The Bertz CT molecular complexity index is 987. The molecule has 0 bridgehead atoms. The van der Waals surface area contributed by atoms with Crippen molar-refractivity contribution < 1.29 is 17.7 Å². The van der Waals surface area contributed by atoms with Crippen LogP contribution in [0.15, 0.2) is 39.2 Å². The third-order valence-corrected chi connectivity index (χ3v) is 4.80. The molecule has 12 heteroatoms. The van der Waals surface area contributed by atoms with E-state index in [1.807, 2.05) is 6.07 Å². The van der Waals surface area contributed by atoms with Gasteiger partial charge in [0.1, 0.15) is 0 Å². The zero-order valence-corrected chi connectivity index (χ0v) is 16.7. The van der Waals surface area contributed by atoms with Crippen LogP contribution in [-0.2, 0) is 19.1 Å². The molecule has 154 valence electrons. The maximum atomic E-state index is 12.6. The number of rotatable bonds is 6. The molecule has 0 atom stereocenters. The first-order chi connectivity index (χ1) is 13.8. The second-order valence-electron chi connectivity index (χ2n) is 5.75. The van der Waals surface area contributed by atoms with Gasteiger partial charge in [-0.3, -0.25) is 4.99 Å². The molecular formula is C17H16ClF3N6OS. The highest BCUT2D eigenvalue weighted by Gasteiger charge is 2.33. The van der Waals surface area contributed by atoms with E-state index in [4.69, 9.17) is 16.1 Å². The molecule has 0 amide bonds. The lowest BCUT2D eigenvalue weighted by Crippen LogP contribution is -2.37. The van der Waals surface area contributed by atoms with Crippen molar-refractivity contribution in [3.05, 3.63) is 51.3 Å². The van der Waals surface area contributed by atoms with Crippen LogP contribution in [0.2, 0.25) is 5.02 Å². The molecule has 0 radical (unpaired) electrons. The number of nitrogens with zero attached hydrogens (tertiary/aromatic N) is 4. The van der Waals surface area contributed by atoms with E-state index in [2.05, 4.69) is 30.8 Å². The summed E-state index contributed by atoms with van der Waals surface area (Å²) in [6, 6.07) is 7.08. The fourth-order valence-electron chi connectivity index (χ4n) is 2.30. The highest BCUT2D eigenvalue weighted by Crippen LogP contribution is 2.30. The summed E-state index contributed by atoms with van der Waals surface area (Å²) in [6.07, 6.45) is -4.09. The van der Waals surface area contributed by atoms with Gasteiger partial charge in [-0.05, 0) is 12.1 Å². The maximum absolute atomic E-state index is 12.6. The number of guanidine groups is 1. The fourth-order valence-corrected chi connectivity index (χ4v) is 3.29. The van der Waals surface area contributed by atoms with Crippen molar-refractivity contribution in [3.8, 4) is 11.4 Å². The predicted molar refractivity (Wildman–Crippen MR) is 104 cm³/mol. The van der Waals surface area contributed by atoms with Crippen molar-refractivity contribution in [1.82, 2.24) is 25.8 Å². The Hall–Kier alpha value is -2.66. The van der Waals surface area contributed by atoms with Crippen molar-refractivity contribution in [1.29, 1.82) is 0 Å². The fraction of sp³-hybridized carbons (Fsp3) is 0.294. The predicted octanol–water partition coefficient (Wildman–Crippen LogP) is 3.77. The summed E-state index contributed by atoms with van der Waals surface area (Å²) in [5, 5.41) is 11.9. The van der Waals surface area contributed by atoms with E-state index < -0.39 is 11.9 Å². The van der Waals surface area contributed by atoms with Crippen LogP contribution >= 0.6 is 22.9 Å². The largest absolute Gasteiger partial charge is 0.434 e. The standard InChI is InChI=1S/C17H16ClF3N6OS/c1-22-16(23-6-5-14-25-12(9-29-14)17(19,20)21)24-8-13-26-15(27-28-13)10-3-2-4-11(18)7-10/h2-4,7,9H,5-6,8H2,1H3,(H2,22,23,24). The lowest BCUT2D eigenvalue weighted by molar-refractivity contribution is -0.140. The van der Waals surface area contributed by atoms with Gasteiger partial charge in [-0.25, -0.2) is 4.98 Å². The lowest BCUT2D eigenvalue weighted by Gasteiger charge is -2.09. The highest BCUT2D eigenvalue weighted by atomic mass is 35.5. The molecule has 0 saturated heterocycles. The molecule has 0 aliphatic rings. The summed E-state index contributed by atoms with van der Waals surface area (Å²) in [5.74, 6) is 1.20. The van der Waals surface area contributed by atoms with E-state index in [-0.39, 0.29) is 6.54 Å². The second kappa shape index (κ2) is 9.23. The van der Waals surface area contributed by atoms with Gasteiger partial charge in [0, 0.05) is 36.0 Å². The van der Waals surface area contributed by atoms with E-state index >= 15 is 0 Å². The number of aliphatic imine (C=N–C) groups is 1. The van der Waals surface area contributed by atoms with Gasteiger partial charge in [-0.2, -0.15) is 18.2 Å². The zero-order valence-electron chi connectivity index (χ0n) is 15.1. The Balaban J connectivity index is 1.48. The van der Waals surface area contributed by atoms with Crippen LogP contribution in [-0.4, -0.2) is 34.7 Å². The second-order valence-corrected chi connectivity index (χ2v) is 7.13. The van der Waals surface area contributed by atoms with Crippen LogP contribution in [0.5, 0.6) is 0 Å². The van der Waals surface area contributed by atoms with Gasteiger partial charge in [-0.1, -0.05) is 28.9 Å². The van der Waals surface area contributed by atoms with Crippen molar-refractivity contribution in [2.45, 2.75) is 19.1 Å². The molecule has 2 aromatic heterocycles. The molecule has 7 nitrogen and oxygen atoms in total. The minimum atomic E-state index is -4.42. The van der Waals surface area contributed by atoms with Crippen LogP contribution in [0.25, 0.3) is 11.4 Å². The third-order valence-electron chi connectivity index (χ3n) is 3.66. The summed E-state index contributed by atoms with van der Waals surface area (Å²) in [5.41, 5.74) is -0.136. The van der Waals surface area contributed by atoms with Gasteiger partial charge < -0.3 is 15.2 Å². The summed E-state index contributed by atoms with van der Waals surface area (Å²) >= 11 is 6.93. The van der Waals surface area contributed by atoms with Crippen molar-refractivity contribution in [2.75, 3.05) is 13.6 Å². The average molecular weight is 445 g/mol. The maximum Gasteiger partial charge on any atom is 0.434 e. The number of nitrogens with one attached hydrogen (secondary N) is 2.